The van der Waals surface area contributed by atoms with E-state index in [0.29, 0.717) is 11.3 Å². The first-order valence-electron chi connectivity index (χ1n) is 9.76. The highest BCUT2D eigenvalue weighted by Crippen LogP contribution is 2.25. The predicted octanol–water partition coefficient (Wildman–Crippen LogP) is 4.87. The molecule has 1 N–H and O–H groups in total. The number of nitriles is 1. The number of nitrogens with one attached hydrogen (secondary N) is 1. The highest BCUT2D eigenvalue weighted by Gasteiger charge is 2.16. The fourth-order valence-electron chi connectivity index (χ4n) is 3.46. The first-order valence-corrected chi connectivity index (χ1v) is 9.76. The van der Waals surface area contributed by atoms with Gasteiger partial charge in [-0.2, -0.15) is 5.26 Å². The molecule has 0 saturated heterocycles. The third-order valence-electron chi connectivity index (χ3n) is 5.13. The third-order valence-corrected chi connectivity index (χ3v) is 5.13. The number of rotatable bonds is 6. The van der Waals surface area contributed by atoms with Crippen molar-refractivity contribution < 1.29 is 14.5 Å². The van der Waals surface area contributed by atoms with Gasteiger partial charge in [0.15, 0.2) is 0 Å². The van der Waals surface area contributed by atoms with Crippen LogP contribution in [-0.2, 0) is 4.79 Å². The average molecular weight is 430 g/mol. The maximum absolute atomic E-state index is 12.7. The molecule has 2 aromatic carbocycles. The molecule has 8 heteroatoms. The van der Waals surface area contributed by atoms with Gasteiger partial charge in [0, 0.05) is 34.9 Å². The summed E-state index contributed by atoms with van der Waals surface area (Å²) in [7, 11) is 1.61. The minimum absolute atomic E-state index is 0.0671. The quantitative estimate of drug-likeness (QED) is 0.260. The lowest BCUT2D eigenvalue weighted by Gasteiger charge is -2.10. The van der Waals surface area contributed by atoms with E-state index in [1.54, 1.807) is 20.1 Å². The van der Waals surface area contributed by atoms with Crippen molar-refractivity contribution in [3.8, 4) is 17.5 Å². The van der Waals surface area contributed by atoms with Gasteiger partial charge in [0.25, 0.3) is 11.6 Å². The van der Waals surface area contributed by atoms with Gasteiger partial charge in [-0.3, -0.25) is 14.9 Å². The SMILES string of the molecule is COc1ccc(-n2c(C)cc(/C=C(/C#N)C(=O)Nc3ccc([N+](=O)[O-])cc3C)c2C)cc1. The van der Waals surface area contributed by atoms with Crippen molar-refractivity contribution in [1.82, 2.24) is 4.57 Å². The number of methoxy groups -OCH3 is 1. The standard InChI is InChI=1S/C24H22N4O4/c1-15-11-21(28(30)31)7-10-23(15)26-24(29)19(14-25)13-18-12-16(2)27(17(18)3)20-5-8-22(32-4)9-6-20/h5-13H,1-4H3,(H,26,29)/b19-13-. The largest absolute Gasteiger partial charge is 0.497 e. The number of carbonyl (C=O) groups is 1. The second-order valence-electron chi connectivity index (χ2n) is 7.24. The molecule has 1 amide bonds. The van der Waals surface area contributed by atoms with Crippen molar-refractivity contribution in [1.29, 1.82) is 5.26 Å². The van der Waals surface area contributed by atoms with Crippen molar-refractivity contribution in [3.63, 3.8) is 0 Å². The molecule has 0 atom stereocenters. The Bertz CT molecular complexity index is 1260. The number of nitro groups is 1. The van der Waals surface area contributed by atoms with Crippen molar-refractivity contribution in [2.45, 2.75) is 20.8 Å². The van der Waals surface area contributed by atoms with Gasteiger partial charge in [0.05, 0.1) is 12.0 Å². The Hall–Kier alpha value is -4.38. The Balaban J connectivity index is 1.90. The van der Waals surface area contributed by atoms with E-state index < -0.39 is 10.8 Å². The van der Waals surface area contributed by atoms with Crippen LogP contribution in [-0.4, -0.2) is 22.5 Å². The van der Waals surface area contributed by atoms with E-state index >= 15 is 0 Å². The highest BCUT2D eigenvalue weighted by molar-refractivity contribution is 6.10. The average Bonchev–Trinajstić information content (AvgIpc) is 3.05. The molecule has 0 bridgehead atoms. The summed E-state index contributed by atoms with van der Waals surface area (Å²) in [4.78, 5) is 23.1. The van der Waals surface area contributed by atoms with E-state index in [9.17, 15) is 20.2 Å². The minimum atomic E-state index is -0.585. The number of nitro benzene ring substituents is 1. The summed E-state index contributed by atoms with van der Waals surface area (Å²) in [6.07, 6.45) is 1.54. The van der Waals surface area contributed by atoms with Crippen LogP contribution in [0.4, 0.5) is 11.4 Å². The van der Waals surface area contributed by atoms with Crippen LogP contribution in [0, 0.1) is 42.2 Å². The first kappa shape index (κ1) is 22.3. The van der Waals surface area contributed by atoms with E-state index in [4.69, 9.17) is 4.74 Å². The van der Waals surface area contributed by atoms with Gasteiger partial charge in [0.2, 0.25) is 0 Å². The summed E-state index contributed by atoms with van der Waals surface area (Å²) in [5.74, 6) is 0.167. The second kappa shape index (κ2) is 9.18. The van der Waals surface area contributed by atoms with Crippen LogP contribution in [0.2, 0.25) is 0 Å². The van der Waals surface area contributed by atoms with Gasteiger partial charge in [-0.1, -0.05) is 0 Å². The molecule has 3 aromatic rings. The van der Waals surface area contributed by atoms with Crippen LogP contribution < -0.4 is 10.1 Å². The van der Waals surface area contributed by atoms with E-state index in [1.807, 2.05) is 54.8 Å². The number of nitrogens with zero attached hydrogens (tertiary/aromatic N) is 3. The molecule has 0 fully saturated rings. The van der Waals surface area contributed by atoms with Crippen LogP contribution in [0.3, 0.4) is 0 Å². The zero-order valence-corrected chi connectivity index (χ0v) is 18.2. The topological polar surface area (TPSA) is 110 Å². The van der Waals surface area contributed by atoms with Crippen molar-refractivity contribution in [3.05, 3.63) is 86.7 Å². The van der Waals surface area contributed by atoms with Gasteiger partial charge in [-0.25, -0.2) is 0 Å². The number of anilines is 1. The fourth-order valence-corrected chi connectivity index (χ4v) is 3.46. The first-order chi connectivity index (χ1) is 15.2. The number of aryl methyl sites for hydroxylation is 2. The molecule has 8 nitrogen and oxygen atoms in total. The lowest BCUT2D eigenvalue weighted by atomic mass is 10.1. The molecule has 0 spiro atoms. The number of aromatic nitrogens is 1. The Labute approximate surface area is 185 Å². The van der Waals surface area contributed by atoms with Gasteiger partial charge in [0.1, 0.15) is 17.4 Å². The molecule has 1 aromatic heterocycles. The van der Waals surface area contributed by atoms with Gasteiger partial charge < -0.3 is 14.6 Å². The number of ether oxygens (including phenoxy) is 1. The van der Waals surface area contributed by atoms with Gasteiger partial charge in [-0.05, 0) is 74.4 Å². The molecule has 0 unspecified atom stereocenters. The predicted molar refractivity (Wildman–Crippen MR) is 122 cm³/mol. The Morgan fingerprint density at radius 1 is 1.16 bits per heavy atom. The summed E-state index contributed by atoms with van der Waals surface area (Å²) >= 11 is 0. The van der Waals surface area contributed by atoms with Crippen LogP contribution in [0.15, 0.2) is 54.1 Å². The molecule has 0 radical (unpaired) electrons. The summed E-state index contributed by atoms with van der Waals surface area (Å²) in [5, 5.41) is 23.1. The Morgan fingerprint density at radius 3 is 2.41 bits per heavy atom. The maximum Gasteiger partial charge on any atom is 0.269 e. The number of carbonyl (C=O) groups excluding carboxylic acids is 1. The molecule has 3 rings (SSSR count). The third kappa shape index (κ3) is 4.52. The number of non-ortho nitro benzene ring substituents is 1. The molecule has 0 aliphatic rings. The molecule has 0 aliphatic heterocycles. The Morgan fingerprint density at radius 2 is 1.84 bits per heavy atom. The van der Waals surface area contributed by atoms with E-state index in [-0.39, 0.29) is 11.3 Å². The monoisotopic (exact) mass is 430 g/mol. The number of amides is 1. The smallest absolute Gasteiger partial charge is 0.269 e. The molecule has 162 valence electrons. The van der Waals surface area contributed by atoms with Crippen LogP contribution in [0.5, 0.6) is 5.75 Å². The van der Waals surface area contributed by atoms with Crippen molar-refractivity contribution in [2.24, 2.45) is 0 Å². The van der Waals surface area contributed by atoms with Crippen molar-refractivity contribution in [2.75, 3.05) is 12.4 Å². The number of hydrogen-bond acceptors (Lipinski definition) is 5. The van der Waals surface area contributed by atoms with Crippen molar-refractivity contribution >= 4 is 23.4 Å². The Kier molecular flexibility index (Phi) is 6.40. The summed E-state index contributed by atoms with van der Waals surface area (Å²) in [6, 6.07) is 15.6. The second-order valence-corrected chi connectivity index (χ2v) is 7.24. The highest BCUT2D eigenvalue weighted by atomic mass is 16.6. The lowest BCUT2D eigenvalue weighted by Crippen LogP contribution is -2.14. The fraction of sp³-hybridized carbons (Fsp3) is 0.167. The normalized spacial score (nSPS) is 11.0. The molecule has 1 heterocycles. The summed E-state index contributed by atoms with van der Waals surface area (Å²) in [6.45, 7) is 5.51. The maximum atomic E-state index is 12.7. The molecular weight excluding hydrogens is 408 g/mol. The van der Waals surface area contributed by atoms with Gasteiger partial charge >= 0.3 is 0 Å². The minimum Gasteiger partial charge on any atom is -0.497 e. The van der Waals surface area contributed by atoms with E-state index in [1.165, 1.54) is 18.2 Å². The lowest BCUT2D eigenvalue weighted by molar-refractivity contribution is -0.384. The number of hydrogen-bond donors (Lipinski definition) is 1. The number of benzene rings is 2. The summed E-state index contributed by atoms with van der Waals surface area (Å²) in [5.41, 5.74) is 4.30. The van der Waals surface area contributed by atoms with Crippen LogP contribution in [0.25, 0.3) is 11.8 Å². The van der Waals surface area contributed by atoms with Crippen LogP contribution >= 0.6 is 0 Å². The van der Waals surface area contributed by atoms with Gasteiger partial charge in [-0.15, -0.1) is 0 Å². The van der Waals surface area contributed by atoms with Crippen LogP contribution in [0.1, 0.15) is 22.5 Å². The molecule has 0 aliphatic carbocycles. The zero-order valence-electron chi connectivity index (χ0n) is 18.2. The molecule has 0 saturated carbocycles. The molecule has 32 heavy (non-hydrogen) atoms. The van der Waals surface area contributed by atoms with E-state index in [2.05, 4.69) is 5.32 Å². The zero-order chi connectivity index (χ0) is 23.4. The summed E-state index contributed by atoms with van der Waals surface area (Å²) < 4.78 is 7.23. The molecular formula is C24H22N4O4. The van der Waals surface area contributed by atoms with E-state index in [0.717, 1.165) is 28.4 Å².